The molecule has 0 radical (unpaired) electrons. The second-order valence-corrected chi connectivity index (χ2v) is 9.20. The average molecular weight is 374 g/mol. The maximum absolute atomic E-state index is 13.0. The van der Waals surface area contributed by atoms with Gasteiger partial charge in [0.1, 0.15) is 5.69 Å². The predicted molar refractivity (Wildman–Crippen MR) is 97.3 cm³/mol. The second kappa shape index (κ2) is 6.51. The molecule has 2 aliphatic heterocycles. The van der Waals surface area contributed by atoms with Crippen molar-refractivity contribution in [1.29, 1.82) is 0 Å². The molecule has 0 aliphatic carbocycles. The molecule has 2 fully saturated rings. The number of hydrogen-bond donors (Lipinski definition) is 0. The van der Waals surface area contributed by atoms with Crippen molar-refractivity contribution in [3.05, 3.63) is 54.1 Å². The van der Waals surface area contributed by atoms with Gasteiger partial charge in [0.15, 0.2) is 9.84 Å². The number of aryl methyl sites for hydroxylation is 1. The summed E-state index contributed by atoms with van der Waals surface area (Å²) in [4.78, 5) is 21.1. The summed E-state index contributed by atoms with van der Waals surface area (Å²) in [5, 5.41) is 0. The van der Waals surface area contributed by atoms with Crippen LogP contribution in [0, 0.1) is 0 Å². The topological polar surface area (TPSA) is 75.5 Å². The fourth-order valence-electron chi connectivity index (χ4n) is 4.03. The van der Waals surface area contributed by atoms with E-state index in [1.807, 2.05) is 31.4 Å². The van der Waals surface area contributed by atoms with Gasteiger partial charge in [-0.2, -0.15) is 0 Å². The standard InChI is InChI=1S/C18H22N4O3S/c1-20-7-3-5-15(20)18(23)22-9-8-21(11-14-4-2-6-19-10-14)16-12-26(24,25)13-17(16)22/h2-7,10,16-17H,8-9,11-13H2,1H3. The van der Waals surface area contributed by atoms with Crippen LogP contribution in [-0.4, -0.2) is 70.4 Å². The summed E-state index contributed by atoms with van der Waals surface area (Å²) in [7, 11) is -1.33. The Morgan fingerprint density at radius 1 is 1.19 bits per heavy atom. The molecule has 7 nitrogen and oxygen atoms in total. The van der Waals surface area contributed by atoms with Crippen molar-refractivity contribution in [3.63, 3.8) is 0 Å². The summed E-state index contributed by atoms with van der Waals surface area (Å²) in [5.41, 5.74) is 1.64. The van der Waals surface area contributed by atoms with E-state index in [0.29, 0.717) is 25.3 Å². The van der Waals surface area contributed by atoms with Crippen molar-refractivity contribution in [2.45, 2.75) is 18.6 Å². The van der Waals surface area contributed by atoms with Crippen molar-refractivity contribution in [3.8, 4) is 0 Å². The summed E-state index contributed by atoms with van der Waals surface area (Å²) in [6.45, 7) is 1.83. The quantitative estimate of drug-likeness (QED) is 0.784. The highest BCUT2D eigenvalue weighted by molar-refractivity contribution is 7.91. The van der Waals surface area contributed by atoms with Crippen LogP contribution in [0.5, 0.6) is 0 Å². The minimum Gasteiger partial charge on any atom is -0.347 e. The Balaban J connectivity index is 1.60. The molecule has 2 atom stereocenters. The zero-order valence-electron chi connectivity index (χ0n) is 14.7. The van der Waals surface area contributed by atoms with E-state index in [1.54, 1.807) is 27.9 Å². The lowest BCUT2D eigenvalue weighted by atomic mass is 10.0. The lowest BCUT2D eigenvalue weighted by molar-refractivity contribution is 0.0298. The number of carbonyl (C=O) groups is 1. The summed E-state index contributed by atoms with van der Waals surface area (Å²) in [5.74, 6) is 0.0530. The van der Waals surface area contributed by atoms with E-state index >= 15 is 0 Å². The maximum Gasteiger partial charge on any atom is 0.270 e. The van der Waals surface area contributed by atoms with E-state index in [9.17, 15) is 13.2 Å². The van der Waals surface area contributed by atoms with Gasteiger partial charge in [-0.05, 0) is 23.8 Å². The SMILES string of the molecule is Cn1cccc1C(=O)N1CCN(Cc2cccnc2)C2CS(=O)(=O)CC21. The van der Waals surface area contributed by atoms with Crippen LogP contribution in [0.4, 0.5) is 0 Å². The maximum atomic E-state index is 13.0. The molecular weight excluding hydrogens is 352 g/mol. The summed E-state index contributed by atoms with van der Waals surface area (Å²) in [6.07, 6.45) is 5.36. The van der Waals surface area contributed by atoms with Crippen molar-refractivity contribution in [2.24, 2.45) is 7.05 Å². The Morgan fingerprint density at radius 2 is 2.00 bits per heavy atom. The van der Waals surface area contributed by atoms with Crippen molar-refractivity contribution in [1.82, 2.24) is 19.4 Å². The molecule has 26 heavy (non-hydrogen) atoms. The van der Waals surface area contributed by atoms with E-state index in [2.05, 4.69) is 9.88 Å². The molecule has 138 valence electrons. The summed E-state index contributed by atoms with van der Waals surface area (Å²) >= 11 is 0. The number of piperazine rings is 1. The minimum atomic E-state index is -3.16. The molecular formula is C18H22N4O3S. The summed E-state index contributed by atoms with van der Waals surface area (Å²) in [6, 6.07) is 7.02. The molecule has 1 amide bonds. The van der Waals surface area contributed by atoms with Gasteiger partial charge in [0, 0.05) is 51.3 Å². The fourth-order valence-corrected chi connectivity index (χ4v) is 6.04. The number of aromatic nitrogens is 2. The molecule has 0 aromatic carbocycles. The smallest absolute Gasteiger partial charge is 0.270 e. The Morgan fingerprint density at radius 3 is 2.69 bits per heavy atom. The third kappa shape index (κ3) is 3.14. The molecule has 2 aromatic heterocycles. The Bertz CT molecular complexity index is 910. The molecule has 8 heteroatoms. The zero-order chi connectivity index (χ0) is 18.3. The van der Waals surface area contributed by atoms with Crippen LogP contribution in [-0.2, 0) is 23.4 Å². The highest BCUT2D eigenvalue weighted by Crippen LogP contribution is 2.29. The van der Waals surface area contributed by atoms with Crippen LogP contribution >= 0.6 is 0 Å². The van der Waals surface area contributed by atoms with Gasteiger partial charge in [-0.1, -0.05) is 6.07 Å². The number of sulfone groups is 1. The fraction of sp³-hybridized carbons (Fsp3) is 0.444. The van der Waals surface area contributed by atoms with E-state index in [1.165, 1.54) is 0 Å². The Hall–Kier alpha value is -2.19. The first-order valence-electron chi connectivity index (χ1n) is 8.70. The Labute approximate surface area is 153 Å². The molecule has 2 saturated heterocycles. The summed E-state index contributed by atoms with van der Waals surface area (Å²) < 4.78 is 26.4. The highest BCUT2D eigenvalue weighted by atomic mass is 32.2. The molecule has 4 rings (SSSR count). The van der Waals surface area contributed by atoms with E-state index in [-0.39, 0.29) is 29.5 Å². The molecule has 2 unspecified atom stereocenters. The predicted octanol–water partition coefficient (Wildman–Crippen LogP) is 0.544. The number of carbonyl (C=O) groups excluding carboxylic acids is 1. The van der Waals surface area contributed by atoms with Gasteiger partial charge in [-0.25, -0.2) is 8.42 Å². The first kappa shape index (κ1) is 17.2. The van der Waals surface area contributed by atoms with Crippen LogP contribution in [0.25, 0.3) is 0 Å². The number of nitrogens with zero attached hydrogens (tertiary/aromatic N) is 4. The first-order chi connectivity index (χ1) is 12.4. The van der Waals surface area contributed by atoms with E-state index in [0.717, 1.165) is 5.56 Å². The number of fused-ring (bicyclic) bond motifs is 1. The number of hydrogen-bond acceptors (Lipinski definition) is 5. The molecule has 2 aromatic rings. The van der Waals surface area contributed by atoms with Crippen LogP contribution in [0.1, 0.15) is 16.1 Å². The average Bonchev–Trinajstić information content (AvgIpc) is 3.17. The number of pyridine rings is 1. The van der Waals surface area contributed by atoms with Crippen molar-refractivity contribution >= 4 is 15.7 Å². The van der Waals surface area contributed by atoms with Gasteiger partial charge >= 0.3 is 0 Å². The van der Waals surface area contributed by atoms with Gasteiger partial charge in [-0.15, -0.1) is 0 Å². The lowest BCUT2D eigenvalue weighted by Gasteiger charge is -2.43. The van der Waals surface area contributed by atoms with Crippen molar-refractivity contribution < 1.29 is 13.2 Å². The van der Waals surface area contributed by atoms with Gasteiger partial charge in [-0.3, -0.25) is 14.7 Å². The largest absolute Gasteiger partial charge is 0.347 e. The highest BCUT2D eigenvalue weighted by Gasteiger charge is 2.48. The van der Waals surface area contributed by atoms with Gasteiger partial charge < -0.3 is 9.47 Å². The van der Waals surface area contributed by atoms with Crippen LogP contribution in [0.2, 0.25) is 0 Å². The molecule has 0 spiro atoms. The molecule has 0 saturated carbocycles. The normalized spacial score (nSPS) is 25.2. The van der Waals surface area contributed by atoms with Crippen LogP contribution in [0.3, 0.4) is 0 Å². The second-order valence-electron chi connectivity index (χ2n) is 7.05. The van der Waals surface area contributed by atoms with Crippen molar-refractivity contribution in [2.75, 3.05) is 24.6 Å². The molecule has 2 aliphatic rings. The van der Waals surface area contributed by atoms with Crippen LogP contribution < -0.4 is 0 Å². The number of rotatable bonds is 3. The molecule has 0 bridgehead atoms. The number of amides is 1. The minimum absolute atomic E-state index is 0.0391. The van der Waals surface area contributed by atoms with Gasteiger partial charge in [0.2, 0.25) is 0 Å². The monoisotopic (exact) mass is 374 g/mol. The zero-order valence-corrected chi connectivity index (χ0v) is 15.5. The third-order valence-corrected chi connectivity index (χ3v) is 7.02. The lowest BCUT2D eigenvalue weighted by Crippen LogP contribution is -2.60. The first-order valence-corrected chi connectivity index (χ1v) is 10.5. The van der Waals surface area contributed by atoms with E-state index < -0.39 is 9.84 Å². The van der Waals surface area contributed by atoms with Gasteiger partial charge in [0.05, 0.1) is 17.5 Å². The van der Waals surface area contributed by atoms with Crippen LogP contribution in [0.15, 0.2) is 42.9 Å². The third-order valence-electron chi connectivity index (χ3n) is 5.32. The Kier molecular flexibility index (Phi) is 4.32. The molecule has 0 N–H and O–H groups in total. The van der Waals surface area contributed by atoms with E-state index in [4.69, 9.17) is 0 Å². The van der Waals surface area contributed by atoms with Gasteiger partial charge in [0.25, 0.3) is 5.91 Å². The molecule has 4 heterocycles.